The van der Waals surface area contributed by atoms with Gasteiger partial charge in [0.25, 0.3) is 0 Å². The lowest BCUT2D eigenvalue weighted by molar-refractivity contribution is -0.567. The van der Waals surface area contributed by atoms with Crippen LogP contribution in [0.1, 0.15) is 11.8 Å². The highest BCUT2D eigenvalue weighted by molar-refractivity contribution is 7.15. The van der Waals surface area contributed by atoms with Crippen LogP contribution in [-0.2, 0) is 4.74 Å². The lowest BCUT2D eigenvalue weighted by atomic mass is 10.6. The monoisotopic (exact) mass is 323 g/mol. The quantitative estimate of drug-likeness (QED) is 0.529. The van der Waals surface area contributed by atoms with Crippen LogP contribution in [0.15, 0.2) is 6.20 Å². The molecule has 0 aliphatic carbocycles. The summed E-state index contributed by atoms with van der Waals surface area (Å²) in [6.45, 7) is 4.82. The average Bonchev–Trinajstić information content (AvgIpc) is 2.57. The number of carbonyl (C=O) groups is 1. The van der Waals surface area contributed by atoms with Crippen molar-refractivity contribution in [3.63, 3.8) is 0 Å². The van der Waals surface area contributed by atoms with E-state index in [4.69, 9.17) is 4.74 Å². The summed E-state index contributed by atoms with van der Waals surface area (Å²) >= 11 is 1.53. The molecule has 1 aromatic heterocycles. The highest BCUT2D eigenvalue weighted by Crippen LogP contribution is 2.14. The van der Waals surface area contributed by atoms with Gasteiger partial charge >= 0.3 is 11.2 Å². The summed E-state index contributed by atoms with van der Waals surface area (Å²) in [5, 5.41) is 3.98. The van der Waals surface area contributed by atoms with Gasteiger partial charge in [0.2, 0.25) is 0 Å². The summed E-state index contributed by atoms with van der Waals surface area (Å²) in [6.07, 6.45) is 1.44. The predicted octanol–water partition coefficient (Wildman–Crippen LogP) is -1.72. The molecule has 98 valence electrons. The van der Waals surface area contributed by atoms with E-state index in [1.165, 1.54) is 15.9 Å². The second-order valence-electron chi connectivity index (χ2n) is 3.63. The highest BCUT2D eigenvalue weighted by atomic mass is 79.9. The zero-order valence-corrected chi connectivity index (χ0v) is 12.9. The molecular weight excluding hydrogens is 306 g/mol. The molecule has 7 heteroatoms. The maximum absolute atomic E-state index is 11.6. The third-order valence-electron chi connectivity index (χ3n) is 1.80. The van der Waals surface area contributed by atoms with Crippen molar-refractivity contribution in [2.45, 2.75) is 13.8 Å². The minimum Gasteiger partial charge on any atom is -1.00 e. The molecule has 1 heterocycles. The number of hydrogen-bond donors (Lipinski definition) is 1. The summed E-state index contributed by atoms with van der Waals surface area (Å²) < 4.78 is 6.47. The van der Waals surface area contributed by atoms with E-state index < -0.39 is 0 Å². The number of thiazole rings is 1. The molecule has 1 N–H and O–H groups in total. The lowest BCUT2D eigenvalue weighted by Crippen LogP contribution is -3.00. The molecule has 0 aromatic carbocycles. The van der Waals surface area contributed by atoms with Crippen molar-refractivity contribution in [3.05, 3.63) is 11.1 Å². The van der Waals surface area contributed by atoms with Gasteiger partial charge in [-0.1, -0.05) is 11.3 Å². The van der Waals surface area contributed by atoms with Gasteiger partial charge in [-0.3, -0.25) is 10.2 Å². The van der Waals surface area contributed by atoms with Gasteiger partial charge in [0.15, 0.2) is 0 Å². The highest BCUT2D eigenvalue weighted by Gasteiger charge is 2.21. The molecule has 17 heavy (non-hydrogen) atoms. The first kappa shape index (κ1) is 16.3. The van der Waals surface area contributed by atoms with E-state index in [0.29, 0.717) is 13.3 Å². The molecule has 0 aliphatic heterocycles. The Labute approximate surface area is 116 Å². The van der Waals surface area contributed by atoms with E-state index in [9.17, 15) is 4.79 Å². The standard InChI is InChI=1S/C10H17N3O2S.BrH/c1-5-15-10(14)13-6-8(2)16-9(13)11-7-12(3)4;/h6H,5,7H2,1-4H3;1H. The van der Waals surface area contributed by atoms with E-state index >= 15 is 0 Å². The van der Waals surface area contributed by atoms with Crippen LogP contribution < -0.4 is 26.9 Å². The predicted molar refractivity (Wildman–Crippen MR) is 63.8 cm³/mol. The first-order valence-corrected chi connectivity index (χ1v) is 5.94. The fourth-order valence-electron chi connectivity index (χ4n) is 1.14. The molecule has 0 saturated carbocycles. The Morgan fingerprint density at radius 1 is 1.59 bits per heavy atom. The van der Waals surface area contributed by atoms with Crippen LogP contribution in [0.4, 0.5) is 9.93 Å². The largest absolute Gasteiger partial charge is 1.00 e. The number of halogens is 1. The van der Waals surface area contributed by atoms with Gasteiger partial charge in [-0.15, -0.1) is 4.57 Å². The fraction of sp³-hybridized carbons (Fsp3) is 0.600. The number of carbonyl (C=O) groups excluding carboxylic acids is 1. The van der Waals surface area contributed by atoms with Crippen molar-refractivity contribution in [3.8, 4) is 0 Å². The number of rotatable bonds is 4. The minimum absolute atomic E-state index is 0. The molecule has 1 aromatic rings. The lowest BCUT2D eigenvalue weighted by Gasteiger charge is -2.06. The topological polar surface area (TPSA) is 45.5 Å². The van der Waals surface area contributed by atoms with Crippen LogP contribution in [-0.4, -0.2) is 38.4 Å². The van der Waals surface area contributed by atoms with Crippen LogP contribution in [0.2, 0.25) is 0 Å². The summed E-state index contributed by atoms with van der Waals surface area (Å²) in [5.41, 5.74) is 0. The normalized spacial score (nSPS) is 9.94. The number of anilines is 1. The van der Waals surface area contributed by atoms with Crippen LogP contribution in [0.25, 0.3) is 0 Å². The Morgan fingerprint density at radius 2 is 2.24 bits per heavy atom. The summed E-state index contributed by atoms with van der Waals surface area (Å²) in [7, 11) is 3.92. The molecule has 0 amide bonds. The van der Waals surface area contributed by atoms with Gasteiger partial charge in [-0.05, 0) is 27.9 Å². The van der Waals surface area contributed by atoms with Crippen molar-refractivity contribution in [1.29, 1.82) is 0 Å². The number of nitrogens with one attached hydrogen (secondary N) is 1. The van der Waals surface area contributed by atoms with Gasteiger partial charge < -0.3 is 21.7 Å². The molecular formula is C10H18BrN3O2S. The van der Waals surface area contributed by atoms with E-state index in [2.05, 4.69) is 5.32 Å². The Morgan fingerprint density at radius 3 is 2.76 bits per heavy atom. The van der Waals surface area contributed by atoms with Crippen LogP contribution in [0.3, 0.4) is 0 Å². The van der Waals surface area contributed by atoms with Crippen LogP contribution in [0.5, 0.6) is 0 Å². The number of nitrogens with zero attached hydrogens (tertiary/aromatic N) is 2. The number of ether oxygens (including phenoxy) is 1. The zero-order chi connectivity index (χ0) is 12.1. The van der Waals surface area contributed by atoms with E-state index in [1.807, 2.05) is 25.9 Å². The molecule has 0 radical (unpaired) electrons. The second-order valence-corrected chi connectivity index (χ2v) is 4.87. The van der Waals surface area contributed by atoms with Crippen molar-refractivity contribution in [1.82, 2.24) is 4.90 Å². The van der Waals surface area contributed by atoms with Crippen molar-refractivity contribution < 1.29 is 31.1 Å². The summed E-state index contributed by atoms with van der Waals surface area (Å²) in [5.74, 6) is 0. The van der Waals surface area contributed by atoms with Crippen molar-refractivity contribution in [2.75, 3.05) is 32.7 Å². The van der Waals surface area contributed by atoms with Crippen LogP contribution >= 0.6 is 11.3 Å². The van der Waals surface area contributed by atoms with Gasteiger partial charge in [0.05, 0.1) is 6.61 Å². The average molecular weight is 324 g/mol. The maximum Gasteiger partial charge on any atom is 0.512 e. The first-order chi connectivity index (χ1) is 7.54. The number of aryl methyl sites for hydroxylation is 1. The maximum atomic E-state index is 11.6. The molecule has 0 fully saturated rings. The molecule has 0 saturated heterocycles. The molecule has 1 rings (SSSR count). The van der Waals surface area contributed by atoms with E-state index in [1.54, 1.807) is 13.1 Å². The molecule has 0 aliphatic rings. The van der Waals surface area contributed by atoms with Gasteiger partial charge in [0, 0.05) is 4.88 Å². The van der Waals surface area contributed by atoms with Gasteiger partial charge in [0.1, 0.15) is 12.9 Å². The molecule has 0 bridgehead atoms. The fourth-order valence-corrected chi connectivity index (χ4v) is 1.97. The van der Waals surface area contributed by atoms with E-state index in [0.717, 1.165) is 10.0 Å². The molecule has 5 nitrogen and oxygen atoms in total. The Hall–Kier alpha value is -0.660. The second kappa shape index (κ2) is 7.62. The minimum atomic E-state index is -0.340. The van der Waals surface area contributed by atoms with Crippen molar-refractivity contribution in [2.24, 2.45) is 0 Å². The third-order valence-corrected chi connectivity index (χ3v) is 2.76. The first-order valence-electron chi connectivity index (χ1n) is 5.12. The Bertz CT molecular complexity index is 368. The molecule has 0 spiro atoms. The summed E-state index contributed by atoms with van der Waals surface area (Å²) in [4.78, 5) is 14.7. The summed E-state index contributed by atoms with van der Waals surface area (Å²) in [6, 6.07) is 0. The molecule has 0 atom stereocenters. The smallest absolute Gasteiger partial charge is 0.512 e. The third kappa shape index (κ3) is 5.01. The number of aromatic nitrogens is 1. The molecule has 0 unspecified atom stereocenters. The Kier molecular flexibility index (Phi) is 7.33. The van der Waals surface area contributed by atoms with Gasteiger partial charge in [-0.25, -0.2) is 0 Å². The van der Waals surface area contributed by atoms with Gasteiger partial charge in [-0.2, -0.15) is 4.79 Å². The van der Waals surface area contributed by atoms with E-state index in [-0.39, 0.29) is 23.1 Å². The van der Waals surface area contributed by atoms with Crippen LogP contribution in [0, 0.1) is 6.92 Å². The number of hydrogen-bond acceptors (Lipinski definition) is 5. The Balaban J connectivity index is 0.00000256. The van der Waals surface area contributed by atoms with Crippen molar-refractivity contribution >= 4 is 22.6 Å². The SMILES string of the molecule is CCOC(=O)[n+]1cc(C)sc1NCN(C)C.[Br-]. The zero-order valence-electron chi connectivity index (χ0n) is 10.5.